The molecule has 0 saturated carbocycles. The molecule has 0 aliphatic heterocycles. The molecule has 1 aromatic rings. The molecular weight excluding hydrogens is 232 g/mol. The number of benzene rings is 1. The van der Waals surface area contributed by atoms with Gasteiger partial charge in [0.25, 0.3) is 5.91 Å². The second kappa shape index (κ2) is 6.64. The lowest BCUT2D eigenvalue weighted by Crippen LogP contribution is -2.41. The fourth-order valence-corrected chi connectivity index (χ4v) is 1.56. The van der Waals surface area contributed by atoms with Crippen molar-refractivity contribution in [1.82, 2.24) is 5.32 Å². The largest absolute Gasteiger partial charge is 0.467 e. The summed E-state index contributed by atoms with van der Waals surface area (Å²) in [6.45, 7) is 1.94. The summed E-state index contributed by atoms with van der Waals surface area (Å²) in [5.74, 6) is -0.737. The number of nitrogens with two attached hydrogens (primary N) is 1. The summed E-state index contributed by atoms with van der Waals surface area (Å²) in [5.41, 5.74) is 6.59. The molecule has 0 bridgehead atoms. The molecule has 0 unspecified atom stereocenters. The van der Waals surface area contributed by atoms with Crippen LogP contribution in [0, 0.1) is 0 Å². The molecule has 0 heterocycles. The van der Waals surface area contributed by atoms with Crippen molar-refractivity contribution in [2.75, 3.05) is 12.8 Å². The van der Waals surface area contributed by atoms with Crippen LogP contribution in [0.1, 0.15) is 30.1 Å². The zero-order valence-electron chi connectivity index (χ0n) is 10.6. The number of ether oxygens (including phenoxy) is 1. The molecule has 3 N–H and O–H groups in total. The van der Waals surface area contributed by atoms with Gasteiger partial charge in [-0.3, -0.25) is 4.79 Å². The Morgan fingerprint density at radius 2 is 1.94 bits per heavy atom. The van der Waals surface area contributed by atoms with Crippen LogP contribution < -0.4 is 11.1 Å². The van der Waals surface area contributed by atoms with Crippen LogP contribution in [-0.4, -0.2) is 25.0 Å². The first kappa shape index (κ1) is 14.0. The molecule has 98 valence electrons. The van der Waals surface area contributed by atoms with Crippen molar-refractivity contribution in [1.29, 1.82) is 0 Å². The highest BCUT2D eigenvalue weighted by Gasteiger charge is 2.20. The summed E-state index contributed by atoms with van der Waals surface area (Å²) < 4.78 is 4.65. The quantitative estimate of drug-likeness (QED) is 0.610. The second-order valence-corrected chi connectivity index (χ2v) is 3.96. The van der Waals surface area contributed by atoms with Crippen LogP contribution in [0.4, 0.5) is 5.69 Å². The van der Waals surface area contributed by atoms with Crippen molar-refractivity contribution in [3.63, 3.8) is 0 Å². The highest BCUT2D eigenvalue weighted by molar-refractivity contribution is 5.97. The maximum absolute atomic E-state index is 11.9. The van der Waals surface area contributed by atoms with Gasteiger partial charge < -0.3 is 15.8 Å². The van der Waals surface area contributed by atoms with Crippen LogP contribution in [0.25, 0.3) is 0 Å². The molecule has 1 aromatic carbocycles. The van der Waals surface area contributed by atoms with Crippen molar-refractivity contribution < 1.29 is 14.3 Å². The van der Waals surface area contributed by atoms with Crippen LogP contribution in [0.15, 0.2) is 24.3 Å². The monoisotopic (exact) mass is 250 g/mol. The average molecular weight is 250 g/mol. The van der Waals surface area contributed by atoms with E-state index in [1.807, 2.05) is 6.92 Å². The Balaban J connectivity index is 2.71. The van der Waals surface area contributed by atoms with Crippen LogP contribution in [-0.2, 0) is 9.53 Å². The van der Waals surface area contributed by atoms with Gasteiger partial charge in [0.1, 0.15) is 6.04 Å². The van der Waals surface area contributed by atoms with Crippen molar-refractivity contribution in [2.24, 2.45) is 0 Å². The van der Waals surface area contributed by atoms with E-state index >= 15 is 0 Å². The lowest BCUT2D eigenvalue weighted by Gasteiger charge is -2.15. The molecule has 1 atom stereocenters. The summed E-state index contributed by atoms with van der Waals surface area (Å²) in [5, 5.41) is 2.65. The third-order valence-electron chi connectivity index (χ3n) is 2.54. The van der Waals surface area contributed by atoms with Crippen molar-refractivity contribution >= 4 is 17.6 Å². The van der Waals surface area contributed by atoms with Crippen LogP contribution in [0.3, 0.4) is 0 Å². The number of carbonyl (C=O) groups is 2. The van der Waals surface area contributed by atoms with Crippen LogP contribution in [0.2, 0.25) is 0 Å². The van der Waals surface area contributed by atoms with Gasteiger partial charge in [-0.1, -0.05) is 13.3 Å². The van der Waals surface area contributed by atoms with Gasteiger partial charge in [-0.25, -0.2) is 4.79 Å². The Bertz CT molecular complexity index is 415. The van der Waals surface area contributed by atoms with E-state index in [1.54, 1.807) is 24.3 Å². The SMILES string of the molecule is CCC[C@@H](NC(=O)c1ccc(N)cc1)C(=O)OC. The molecular formula is C13H18N2O3. The molecule has 1 rings (SSSR count). The van der Waals surface area contributed by atoms with Crippen molar-refractivity contribution in [3.8, 4) is 0 Å². The molecule has 0 fully saturated rings. The molecule has 5 nitrogen and oxygen atoms in total. The number of carbonyl (C=O) groups excluding carboxylic acids is 2. The van der Waals surface area contributed by atoms with E-state index in [0.717, 1.165) is 6.42 Å². The predicted molar refractivity (Wildman–Crippen MR) is 69.0 cm³/mol. The minimum atomic E-state index is -0.606. The molecule has 1 amide bonds. The first-order valence-electron chi connectivity index (χ1n) is 5.82. The smallest absolute Gasteiger partial charge is 0.328 e. The average Bonchev–Trinajstić information content (AvgIpc) is 2.38. The molecule has 5 heteroatoms. The normalized spacial score (nSPS) is 11.7. The van der Waals surface area contributed by atoms with E-state index in [-0.39, 0.29) is 5.91 Å². The topological polar surface area (TPSA) is 81.4 Å². The first-order valence-corrected chi connectivity index (χ1v) is 5.82. The van der Waals surface area contributed by atoms with Gasteiger partial charge >= 0.3 is 5.97 Å². The second-order valence-electron chi connectivity index (χ2n) is 3.96. The van der Waals surface area contributed by atoms with Crippen LogP contribution in [0.5, 0.6) is 0 Å². The number of nitrogen functional groups attached to an aromatic ring is 1. The standard InChI is InChI=1S/C13H18N2O3/c1-3-4-11(13(17)18-2)15-12(16)9-5-7-10(14)8-6-9/h5-8,11H,3-4,14H2,1-2H3,(H,15,16)/t11-/m1/s1. The number of amides is 1. The molecule has 0 aliphatic rings. The van der Waals surface area contributed by atoms with E-state index in [0.29, 0.717) is 17.7 Å². The summed E-state index contributed by atoms with van der Waals surface area (Å²) in [4.78, 5) is 23.4. The molecule has 0 radical (unpaired) electrons. The van der Waals surface area contributed by atoms with E-state index < -0.39 is 12.0 Å². The lowest BCUT2D eigenvalue weighted by atomic mass is 10.1. The number of hydrogen-bond donors (Lipinski definition) is 2. The number of esters is 1. The van der Waals surface area contributed by atoms with Crippen molar-refractivity contribution in [2.45, 2.75) is 25.8 Å². The Hall–Kier alpha value is -2.04. The van der Waals surface area contributed by atoms with E-state index in [4.69, 9.17) is 5.73 Å². The highest BCUT2D eigenvalue weighted by Crippen LogP contribution is 2.07. The fourth-order valence-electron chi connectivity index (χ4n) is 1.56. The van der Waals surface area contributed by atoms with Gasteiger partial charge in [0.05, 0.1) is 7.11 Å². The minimum Gasteiger partial charge on any atom is -0.467 e. The number of anilines is 1. The maximum atomic E-state index is 11.9. The Morgan fingerprint density at radius 3 is 2.44 bits per heavy atom. The zero-order chi connectivity index (χ0) is 13.5. The van der Waals surface area contributed by atoms with Gasteiger partial charge in [0.2, 0.25) is 0 Å². The molecule has 0 aromatic heterocycles. The van der Waals surface area contributed by atoms with Crippen molar-refractivity contribution in [3.05, 3.63) is 29.8 Å². The number of methoxy groups -OCH3 is 1. The predicted octanol–water partition coefficient (Wildman–Crippen LogP) is 1.34. The zero-order valence-corrected chi connectivity index (χ0v) is 10.6. The molecule has 0 aliphatic carbocycles. The summed E-state index contributed by atoms with van der Waals surface area (Å²) in [7, 11) is 1.31. The molecule has 18 heavy (non-hydrogen) atoms. The van der Waals surface area contributed by atoms with Gasteiger partial charge in [-0.15, -0.1) is 0 Å². The Kier molecular flexibility index (Phi) is 5.17. The number of rotatable bonds is 5. The Morgan fingerprint density at radius 1 is 1.33 bits per heavy atom. The minimum absolute atomic E-state index is 0.307. The lowest BCUT2D eigenvalue weighted by molar-refractivity contribution is -0.143. The van der Waals surface area contributed by atoms with E-state index in [9.17, 15) is 9.59 Å². The molecule has 0 spiro atoms. The van der Waals surface area contributed by atoms with Crippen LogP contribution >= 0.6 is 0 Å². The molecule has 0 saturated heterocycles. The summed E-state index contributed by atoms with van der Waals surface area (Å²) >= 11 is 0. The highest BCUT2D eigenvalue weighted by atomic mass is 16.5. The Labute approximate surface area is 106 Å². The van der Waals surface area contributed by atoms with Gasteiger partial charge in [0, 0.05) is 11.3 Å². The van der Waals surface area contributed by atoms with Gasteiger partial charge in [0.15, 0.2) is 0 Å². The van der Waals surface area contributed by atoms with Gasteiger partial charge in [-0.2, -0.15) is 0 Å². The summed E-state index contributed by atoms with van der Waals surface area (Å²) in [6, 6.07) is 5.91. The third kappa shape index (κ3) is 3.76. The number of nitrogens with one attached hydrogen (secondary N) is 1. The van der Waals surface area contributed by atoms with Gasteiger partial charge in [-0.05, 0) is 30.7 Å². The summed E-state index contributed by atoms with van der Waals surface area (Å²) in [6.07, 6.45) is 1.33. The number of hydrogen-bond acceptors (Lipinski definition) is 4. The third-order valence-corrected chi connectivity index (χ3v) is 2.54. The first-order chi connectivity index (χ1) is 8.58. The van der Waals surface area contributed by atoms with E-state index in [2.05, 4.69) is 10.1 Å². The maximum Gasteiger partial charge on any atom is 0.328 e. The fraction of sp³-hybridized carbons (Fsp3) is 0.385. The van der Waals surface area contributed by atoms with E-state index in [1.165, 1.54) is 7.11 Å².